The molecule has 0 aromatic rings. The predicted molar refractivity (Wildman–Crippen MR) is 334 cm³/mol. The molecule has 0 fully saturated rings. The van der Waals surface area contributed by atoms with E-state index in [4.69, 9.17) is 9.47 Å². The highest BCUT2D eigenvalue weighted by atomic mass is 16.6. The molecule has 0 heterocycles. The lowest BCUT2D eigenvalue weighted by Crippen LogP contribution is -2.28. The summed E-state index contributed by atoms with van der Waals surface area (Å²) < 4.78 is 10.7. The van der Waals surface area contributed by atoms with Gasteiger partial charge in [-0.15, -0.1) is 0 Å². The van der Waals surface area contributed by atoms with Crippen LogP contribution in [0.1, 0.15) is 335 Å². The molecule has 0 saturated heterocycles. The van der Waals surface area contributed by atoms with E-state index in [-0.39, 0.29) is 25.2 Å². The third kappa shape index (κ3) is 63.6. The van der Waals surface area contributed by atoms with Gasteiger partial charge in [-0.2, -0.15) is 0 Å². The molecule has 0 aromatic carbocycles. The highest BCUT2D eigenvalue weighted by Gasteiger charge is 2.16. The number of rotatable bonds is 61. The maximum absolute atomic E-state index is 12.3. The van der Waals surface area contributed by atoms with Crippen molar-refractivity contribution >= 4 is 11.9 Å². The van der Waals surface area contributed by atoms with Crippen molar-refractivity contribution in [2.45, 2.75) is 341 Å². The molecule has 0 rings (SSSR count). The van der Waals surface area contributed by atoms with Crippen LogP contribution >= 0.6 is 0 Å². The predicted octanol–water partition coefficient (Wildman–Crippen LogP) is 22.9. The van der Waals surface area contributed by atoms with Gasteiger partial charge in [0.15, 0.2) is 6.10 Å². The number of carbonyl (C=O) groups excluding carboxylic acids is 2. The molecule has 5 nitrogen and oxygen atoms in total. The second kappa shape index (κ2) is 66.4. The molecule has 440 valence electrons. The number of ether oxygens (including phenoxy) is 2. The smallest absolute Gasteiger partial charge is 0.306 e. The van der Waals surface area contributed by atoms with Crippen LogP contribution < -0.4 is 0 Å². The molecule has 5 heteroatoms. The Balaban J connectivity index is 3.43. The SMILES string of the molecule is CC/C=C\C/C=C\C/C=C\C/C=C\C/C=C\CCCCCCCCCCCC(=O)OC(CO)COC(=O)CCCCCCCCCCCCCCCCCCCCCCCCCCC/C=C\C/C=C\CCCCCCC. The zero-order valence-corrected chi connectivity index (χ0v) is 50.5. The molecular weight excluding hydrogens is 933 g/mol. The number of allylic oxidation sites excluding steroid dienone is 14. The van der Waals surface area contributed by atoms with Gasteiger partial charge in [0.1, 0.15) is 6.61 Å². The maximum Gasteiger partial charge on any atom is 0.306 e. The van der Waals surface area contributed by atoms with Crippen LogP contribution in [0.2, 0.25) is 0 Å². The maximum atomic E-state index is 12.3. The third-order valence-electron chi connectivity index (χ3n) is 14.7. The van der Waals surface area contributed by atoms with Crippen LogP contribution in [-0.2, 0) is 19.1 Å². The average molecular weight is 1060 g/mol. The fourth-order valence-electron chi connectivity index (χ4n) is 9.73. The summed E-state index contributed by atoms with van der Waals surface area (Å²) >= 11 is 0. The summed E-state index contributed by atoms with van der Waals surface area (Å²) in [7, 11) is 0. The number of aliphatic hydroxyl groups is 1. The number of hydrogen-bond donors (Lipinski definition) is 1. The number of hydrogen-bond acceptors (Lipinski definition) is 5. The Labute approximate surface area is 473 Å². The van der Waals surface area contributed by atoms with Gasteiger partial charge in [0.2, 0.25) is 0 Å². The molecular formula is C71H126O5. The molecule has 0 spiro atoms. The zero-order valence-electron chi connectivity index (χ0n) is 50.5. The molecule has 1 unspecified atom stereocenters. The van der Waals surface area contributed by atoms with Crippen LogP contribution in [0.25, 0.3) is 0 Å². The summed E-state index contributed by atoms with van der Waals surface area (Å²) in [6, 6.07) is 0. The van der Waals surface area contributed by atoms with Gasteiger partial charge in [0.25, 0.3) is 0 Å². The Hall–Kier alpha value is -2.92. The second-order valence-electron chi connectivity index (χ2n) is 22.2. The molecule has 0 aliphatic rings. The van der Waals surface area contributed by atoms with Gasteiger partial charge in [-0.1, -0.05) is 317 Å². The lowest BCUT2D eigenvalue weighted by Gasteiger charge is -2.15. The molecule has 1 N–H and O–H groups in total. The van der Waals surface area contributed by atoms with Gasteiger partial charge in [-0.3, -0.25) is 9.59 Å². The summed E-state index contributed by atoms with van der Waals surface area (Å²) in [4.78, 5) is 24.6. The first kappa shape index (κ1) is 73.1. The van der Waals surface area contributed by atoms with E-state index in [9.17, 15) is 14.7 Å². The van der Waals surface area contributed by atoms with Gasteiger partial charge < -0.3 is 14.6 Å². The van der Waals surface area contributed by atoms with Crippen molar-refractivity contribution in [1.82, 2.24) is 0 Å². The largest absolute Gasteiger partial charge is 0.462 e. The van der Waals surface area contributed by atoms with Gasteiger partial charge in [-0.25, -0.2) is 0 Å². The molecule has 0 bridgehead atoms. The minimum Gasteiger partial charge on any atom is -0.462 e. The van der Waals surface area contributed by atoms with Gasteiger partial charge in [0.05, 0.1) is 6.61 Å². The van der Waals surface area contributed by atoms with Crippen LogP contribution in [0.3, 0.4) is 0 Å². The van der Waals surface area contributed by atoms with Crippen molar-refractivity contribution in [3.8, 4) is 0 Å². The van der Waals surface area contributed by atoms with Crippen LogP contribution in [0.15, 0.2) is 85.1 Å². The normalized spacial score (nSPS) is 12.7. The zero-order chi connectivity index (χ0) is 54.8. The van der Waals surface area contributed by atoms with E-state index in [1.807, 2.05) is 0 Å². The highest BCUT2D eigenvalue weighted by Crippen LogP contribution is 2.18. The lowest BCUT2D eigenvalue weighted by atomic mass is 10.0. The highest BCUT2D eigenvalue weighted by molar-refractivity contribution is 5.70. The molecule has 0 aliphatic carbocycles. The quantitative estimate of drug-likeness (QED) is 0.0373. The fraction of sp³-hybridized carbons (Fsp3) is 0.775. The molecule has 0 radical (unpaired) electrons. The summed E-state index contributed by atoms with van der Waals surface area (Å²) in [5.41, 5.74) is 0. The van der Waals surface area contributed by atoms with E-state index in [1.165, 1.54) is 231 Å². The first-order valence-corrected chi connectivity index (χ1v) is 33.1. The van der Waals surface area contributed by atoms with E-state index < -0.39 is 6.10 Å². The second-order valence-corrected chi connectivity index (χ2v) is 22.2. The topological polar surface area (TPSA) is 72.8 Å². The van der Waals surface area contributed by atoms with E-state index in [0.29, 0.717) is 12.8 Å². The Morgan fingerprint density at radius 1 is 0.316 bits per heavy atom. The van der Waals surface area contributed by atoms with E-state index in [0.717, 1.165) is 77.0 Å². The average Bonchev–Trinajstić information content (AvgIpc) is 3.42. The van der Waals surface area contributed by atoms with Crippen molar-refractivity contribution in [3.05, 3.63) is 85.1 Å². The van der Waals surface area contributed by atoms with Crippen LogP contribution in [0.5, 0.6) is 0 Å². The lowest BCUT2D eigenvalue weighted by molar-refractivity contribution is -0.161. The van der Waals surface area contributed by atoms with E-state index in [2.05, 4.69) is 98.9 Å². The summed E-state index contributed by atoms with van der Waals surface area (Å²) in [6.07, 6.45) is 93.2. The van der Waals surface area contributed by atoms with Crippen molar-refractivity contribution in [2.24, 2.45) is 0 Å². The van der Waals surface area contributed by atoms with Gasteiger partial charge in [-0.05, 0) is 89.9 Å². The van der Waals surface area contributed by atoms with Crippen LogP contribution in [0.4, 0.5) is 0 Å². The Bertz CT molecular complexity index is 1380. The number of unbranched alkanes of at least 4 members (excludes halogenated alkanes) is 39. The Kier molecular flexibility index (Phi) is 63.8. The molecule has 1 atom stereocenters. The van der Waals surface area contributed by atoms with Crippen molar-refractivity contribution < 1.29 is 24.2 Å². The Morgan fingerprint density at radius 3 is 0.855 bits per heavy atom. The standard InChI is InChI=1S/C71H126O5/c1-3-5-7-9-11-13-15-17-19-21-23-25-27-29-30-31-32-33-34-35-36-37-38-39-40-42-43-45-47-49-51-53-55-57-59-61-63-65-70(73)75-68-69(67-72)76-71(74)66-64-62-60-58-56-54-52-50-48-46-44-41-28-26-24-22-20-18-16-14-12-10-8-6-4-2/h6,8,12,14-15,17-18,20-21,23-24,26,41,44,69,72H,3-5,7,9-11,13,16,19,22,25,27-40,42-43,45-68H2,1-2H3/b8-6-,14-12-,17-15-,20-18-,23-21-,26-24-,44-41-. The minimum atomic E-state index is -0.779. The number of carbonyl (C=O) groups is 2. The molecule has 0 aliphatic heterocycles. The number of esters is 2. The molecule has 0 saturated carbocycles. The Morgan fingerprint density at radius 2 is 0.566 bits per heavy atom. The summed E-state index contributed by atoms with van der Waals surface area (Å²) in [6.45, 7) is 4.05. The first-order chi connectivity index (χ1) is 37.6. The monoisotopic (exact) mass is 1060 g/mol. The molecule has 76 heavy (non-hydrogen) atoms. The van der Waals surface area contributed by atoms with Crippen molar-refractivity contribution in [2.75, 3.05) is 13.2 Å². The van der Waals surface area contributed by atoms with Crippen LogP contribution in [-0.4, -0.2) is 36.4 Å². The van der Waals surface area contributed by atoms with E-state index in [1.54, 1.807) is 0 Å². The van der Waals surface area contributed by atoms with Crippen LogP contribution in [0, 0.1) is 0 Å². The minimum absolute atomic E-state index is 0.0682. The third-order valence-corrected chi connectivity index (χ3v) is 14.7. The van der Waals surface area contributed by atoms with E-state index >= 15 is 0 Å². The van der Waals surface area contributed by atoms with Crippen molar-refractivity contribution in [1.29, 1.82) is 0 Å². The summed E-state index contributed by atoms with van der Waals surface area (Å²) in [5.74, 6) is -0.586. The fourth-order valence-corrected chi connectivity index (χ4v) is 9.73. The van der Waals surface area contributed by atoms with Crippen molar-refractivity contribution in [3.63, 3.8) is 0 Å². The molecule has 0 aromatic heterocycles. The first-order valence-electron chi connectivity index (χ1n) is 33.1. The van der Waals surface area contributed by atoms with Gasteiger partial charge in [0, 0.05) is 12.8 Å². The summed E-state index contributed by atoms with van der Waals surface area (Å²) in [5, 5.41) is 9.68. The molecule has 0 amide bonds. The number of aliphatic hydroxyl groups excluding tert-OH is 1. The van der Waals surface area contributed by atoms with Gasteiger partial charge >= 0.3 is 11.9 Å².